The summed E-state index contributed by atoms with van der Waals surface area (Å²) >= 11 is 0. The summed E-state index contributed by atoms with van der Waals surface area (Å²) in [6.07, 6.45) is 7.06. The van der Waals surface area contributed by atoms with Gasteiger partial charge in [-0.15, -0.1) is 0 Å². The molecule has 2 aliphatic rings. The lowest BCUT2D eigenvalue weighted by Gasteiger charge is -2.34. The average molecular weight is 268 g/mol. The zero-order valence-corrected chi connectivity index (χ0v) is 11.7. The number of nitrogens with one attached hydrogen (secondary N) is 1. The lowest BCUT2D eigenvalue weighted by atomic mass is 9.84. The van der Waals surface area contributed by atoms with Crippen LogP contribution in [0.1, 0.15) is 58.3 Å². The molecule has 2 fully saturated rings. The molecule has 0 spiro atoms. The second kappa shape index (κ2) is 5.90. The maximum absolute atomic E-state index is 12.2. The fourth-order valence-corrected chi connectivity index (χ4v) is 2.99. The fraction of sp³-hybridized carbons (Fsp3) is 0.857. The summed E-state index contributed by atoms with van der Waals surface area (Å²) in [6, 6.07) is -0.732. The van der Waals surface area contributed by atoms with Gasteiger partial charge in [0.25, 0.3) is 5.91 Å². The Bertz CT molecular complexity index is 351. The fourth-order valence-electron chi connectivity index (χ4n) is 2.99. The van der Waals surface area contributed by atoms with Gasteiger partial charge in [-0.3, -0.25) is 9.69 Å². The van der Waals surface area contributed by atoms with E-state index in [9.17, 15) is 14.7 Å². The molecule has 1 saturated carbocycles. The van der Waals surface area contributed by atoms with Crippen LogP contribution in [0.4, 0.5) is 4.79 Å². The zero-order valence-electron chi connectivity index (χ0n) is 11.7. The quantitative estimate of drug-likeness (QED) is 0.747. The molecule has 5 nitrogen and oxygen atoms in total. The van der Waals surface area contributed by atoms with E-state index in [1.54, 1.807) is 0 Å². The summed E-state index contributed by atoms with van der Waals surface area (Å²) in [5.74, 6) is -0.169. The van der Waals surface area contributed by atoms with Crippen molar-refractivity contribution in [2.24, 2.45) is 0 Å². The molecule has 0 radical (unpaired) electrons. The van der Waals surface area contributed by atoms with Crippen LogP contribution in [0.25, 0.3) is 0 Å². The standard InChI is InChI=1S/C14H24N2O3/c1-2-3-7-11-12(17)16(13(18)15-11)10-14(19)8-5-4-6-9-14/h11,19H,2-10H2,1H3,(H,15,18). The molecule has 1 saturated heterocycles. The second-order valence-corrected chi connectivity index (χ2v) is 5.85. The summed E-state index contributed by atoms with van der Waals surface area (Å²) < 4.78 is 0. The Morgan fingerprint density at radius 2 is 2.00 bits per heavy atom. The number of rotatable bonds is 5. The molecule has 19 heavy (non-hydrogen) atoms. The Labute approximate surface area is 114 Å². The number of nitrogens with zero attached hydrogens (tertiary/aromatic N) is 1. The number of β-amino-alcohol motifs (C(OH)–C–C–N with tert-alkyl or cyclic N) is 1. The van der Waals surface area contributed by atoms with Gasteiger partial charge in [-0.05, 0) is 19.3 Å². The van der Waals surface area contributed by atoms with E-state index in [4.69, 9.17) is 0 Å². The molecule has 3 amide bonds. The third-order valence-corrected chi connectivity index (χ3v) is 4.19. The van der Waals surface area contributed by atoms with Crippen LogP contribution in [-0.2, 0) is 4.79 Å². The van der Waals surface area contributed by atoms with Crippen LogP contribution >= 0.6 is 0 Å². The molecule has 2 rings (SSSR count). The largest absolute Gasteiger partial charge is 0.388 e. The summed E-state index contributed by atoms with van der Waals surface area (Å²) in [6.45, 7) is 2.21. The van der Waals surface area contributed by atoms with Crippen molar-refractivity contribution in [3.05, 3.63) is 0 Å². The van der Waals surface area contributed by atoms with Gasteiger partial charge in [-0.1, -0.05) is 39.0 Å². The number of carbonyl (C=O) groups excluding carboxylic acids is 2. The second-order valence-electron chi connectivity index (χ2n) is 5.85. The molecular formula is C14H24N2O3. The van der Waals surface area contributed by atoms with Crippen LogP contribution in [0.3, 0.4) is 0 Å². The van der Waals surface area contributed by atoms with Crippen molar-refractivity contribution in [3.8, 4) is 0 Å². The molecule has 108 valence electrons. The first-order valence-electron chi connectivity index (χ1n) is 7.40. The molecule has 0 aromatic carbocycles. The van der Waals surface area contributed by atoms with Crippen molar-refractivity contribution >= 4 is 11.9 Å². The highest BCUT2D eigenvalue weighted by Gasteiger charge is 2.42. The Kier molecular flexibility index (Phi) is 4.45. The number of hydrogen-bond acceptors (Lipinski definition) is 3. The highest BCUT2D eigenvalue weighted by atomic mass is 16.3. The first-order chi connectivity index (χ1) is 9.06. The number of hydrogen-bond donors (Lipinski definition) is 2. The normalized spacial score (nSPS) is 26.6. The molecule has 1 aliphatic heterocycles. The SMILES string of the molecule is CCCCC1NC(=O)N(CC2(O)CCCCC2)C1=O. The lowest BCUT2D eigenvalue weighted by Crippen LogP contribution is -2.47. The Morgan fingerprint density at radius 3 is 2.63 bits per heavy atom. The first kappa shape index (κ1) is 14.3. The van der Waals surface area contributed by atoms with Gasteiger partial charge in [-0.25, -0.2) is 4.79 Å². The van der Waals surface area contributed by atoms with Crippen molar-refractivity contribution < 1.29 is 14.7 Å². The molecule has 2 N–H and O–H groups in total. The van der Waals surface area contributed by atoms with E-state index >= 15 is 0 Å². The van der Waals surface area contributed by atoms with Crippen LogP contribution in [-0.4, -0.2) is 40.1 Å². The average Bonchev–Trinajstić information content (AvgIpc) is 2.64. The maximum Gasteiger partial charge on any atom is 0.324 e. The molecule has 0 aromatic rings. The van der Waals surface area contributed by atoms with Gasteiger partial charge in [-0.2, -0.15) is 0 Å². The highest BCUT2D eigenvalue weighted by molar-refractivity contribution is 6.04. The van der Waals surface area contributed by atoms with Gasteiger partial charge >= 0.3 is 6.03 Å². The lowest BCUT2D eigenvalue weighted by molar-refractivity contribution is -0.131. The van der Waals surface area contributed by atoms with E-state index < -0.39 is 5.60 Å². The molecule has 1 heterocycles. The van der Waals surface area contributed by atoms with Crippen LogP contribution in [0, 0.1) is 0 Å². The molecule has 0 aromatic heterocycles. The van der Waals surface area contributed by atoms with Gasteiger partial charge in [0, 0.05) is 0 Å². The number of carbonyl (C=O) groups is 2. The van der Waals surface area contributed by atoms with Crippen LogP contribution in [0.15, 0.2) is 0 Å². The molecule has 1 atom stereocenters. The molecule has 5 heteroatoms. The van der Waals surface area contributed by atoms with Crippen LogP contribution in [0.2, 0.25) is 0 Å². The van der Waals surface area contributed by atoms with Gasteiger partial charge in [0.05, 0.1) is 12.1 Å². The van der Waals surface area contributed by atoms with Crippen molar-refractivity contribution in [1.29, 1.82) is 0 Å². The van der Waals surface area contributed by atoms with Crippen molar-refractivity contribution in [3.63, 3.8) is 0 Å². The van der Waals surface area contributed by atoms with Crippen LogP contribution in [0.5, 0.6) is 0 Å². The molecule has 1 unspecified atom stereocenters. The Hall–Kier alpha value is -1.10. The Morgan fingerprint density at radius 1 is 1.32 bits per heavy atom. The smallest absolute Gasteiger partial charge is 0.324 e. The minimum atomic E-state index is -0.870. The van der Waals surface area contributed by atoms with Crippen molar-refractivity contribution in [2.45, 2.75) is 69.9 Å². The van der Waals surface area contributed by atoms with Crippen LogP contribution < -0.4 is 5.32 Å². The topological polar surface area (TPSA) is 69.6 Å². The Balaban J connectivity index is 1.96. The first-order valence-corrected chi connectivity index (χ1v) is 7.40. The predicted molar refractivity (Wildman–Crippen MR) is 71.6 cm³/mol. The molecular weight excluding hydrogens is 244 g/mol. The third kappa shape index (κ3) is 3.26. The van der Waals surface area contributed by atoms with E-state index in [0.717, 1.165) is 32.1 Å². The number of aliphatic hydroxyl groups is 1. The predicted octanol–water partition coefficient (Wildman–Crippen LogP) is 1.79. The minimum absolute atomic E-state index is 0.153. The minimum Gasteiger partial charge on any atom is -0.388 e. The number of urea groups is 1. The highest BCUT2D eigenvalue weighted by Crippen LogP contribution is 2.29. The summed E-state index contributed by atoms with van der Waals surface area (Å²) in [5, 5.41) is 13.2. The number of amides is 3. The van der Waals surface area contributed by atoms with E-state index in [1.165, 1.54) is 4.90 Å². The van der Waals surface area contributed by atoms with Crippen molar-refractivity contribution in [2.75, 3.05) is 6.54 Å². The molecule has 1 aliphatic carbocycles. The van der Waals surface area contributed by atoms with E-state index in [1.807, 2.05) is 0 Å². The summed E-state index contributed by atoms with van der Waals surface area (Å²) in [5.41, 5.74) is -0.870. The van der Waals surface area contributed by atoms with E-state index in [-0.39, 0.29) is 24.5 Å². The maximum atomic E-state index is 12.2. The third-order valence-electron chi connectivity index (χ3n) is 4.19. The number of unbranched alkanes of at least 4 members (excludes halogenated alkanes) is 1. The van der Waals surface area contributed by atoms with E-state index in [0.29, 0.717) is 19.3 Å². The summed E-state index contributed by atoms with van der Waals surface area (Å²) in [4.78, 5) is 25.2. The molecule has 0 bridgehead atoms. The van der Waals surface area contributed by atoms with Gasteiger partial charge in [0.1, 0.15) is 6.04 Å². The van der Waals surface area contributed by atoms with Gasteiger partial charge in [0.15, 0.2) is 0 Å². The zero-order chi connectivity index (χ0) is 13.9. The van der Waals surface area contributed by atoms with E-state index in [2.05, 4.69) is 12.2 Å². The summed E-state index contributed by atoms with van der Waals surface area (Å²) in [7, 11) is 0. The van der Waals surface area contributed by atoms with Gasteiger partial charge in [0.2, 0.25) is 0 Å². The van der Waals surface area contributed by atoms with Crippen molar-refractivity contribution in [1.82, 2.24) is 10.2 Å². The number of imide groups is 1. The van der Waals surface area contributed by atoms with Gasteiger partial charge < -0.3 is 10.4 Å². The monoisotopic (exact) mass is 268 g/mol.